The lowest BCUT2D eigenvalue weighted by Gasteiger charge is -2.15. The van der Waals surface area contributed by atoms with Crippen molar-refractivity contribution in [3.8, 4) is 22.6 Å². The Kier molecular flexibility index (Phi) is 2.73. The zero-order chi connectivity index (χ0) is 15.3. The van der Waals surface area contributed by atoms with Crippen LogP contribution in [0.2, 0.25) is 0 Å². The highest BCUT2D eigenvalue weighted by molar-refractivity contribution is 6.02. The van der Waals surface area contributed by atoms with Crippen molar-refractivity contribution in [2.45, 2.75) is 19.4 Å². The van der Waals surface area contributed by atoms with Crippen molar-refractivity contribution in [1.29, 1.82) is 0 Å². The van der Waals surface area contributed by atoms with E-state index in [-0.39, 0.29) is 17.1 Å². The van der Waals surface area contributed by atoms with Crippen LogP contribution in [0.1, 0.15) is 12.1 Å². The molecule has 0 unspecified atom stereocenters. The number of hydrogen-bond donors (Lipinski definition) is 2. The molecule has 0 bridgehead atoms. The number of benzene rings is 2. The number of phenols is 2. The zero-order valence-electron chi connectivity index (χ0n) is 11.9. The minimum Gasteiger partial charge on any atom is -0.508 e. The molecule has 4 rings (SSSR count). The molecule has 22 heavy (non-hydrogen) atoms. The number of hydrogen-bond acceptors (Lipinski definition) is 3. The Morgan fingerprint density at radius 3 is 2.59 bits per heavy atom. The molecule has 0 aliphatic carbocycles. The molecule has 1 aliphatic heterocycles. The van der Waals surface area contributed by atoms with Gasteiger partial charge < -0.3 is 14.8 Å². The zero-order valence-corrected chi connectivity index (χ0v) is 11.9. The first-order chi connectivity index (χ1) is 10.7. The molecule has 1 aromatic heterocycles. The van der Waals surface area contributed by atoms with Gasteiger partial charge in [-0.05, 0) is 24.5 Å². The first kappa shape index (κ1) is 13.0. The van der Waals surface area contributed by atoms with E-state index in [0.717, 1.165) is 29.7 Å². The highest BCUT2D eigenvalue weighted by Gasteiger charge is 2.23. The molecule has 0 radical (unpaired) electrons. The van der Waals surface area contributed by atoms with Crippen LogP contribution < -0.4 is 5.56 Å². The van der Waals surface area contributed by atoms with Crippen molar-refractivity contribution in [2.24, 2.45) is 0 Å². The van der Waals surface area contributed by atoms with Crippen LogP contribution in [-0.4, -0.2) is 14.8 Å². The van der Waals surface area contributed by atoms with E-state index in [1.165, 1.54) is 12.1 Å². The lowest BCUT2D eigenvalue weighted by atomic mass is 9.95. The summed E-state index contributed by atoms with van der Waals surface area (Å²) in [4.78, 5) is 12.6. The number of aromatic hydroxyl groups is 2. The molecule has 2 N–H and O–H groups in total. The van der Waals surface area contributed by atoms with Gasteiger partial charge in [0.15, 0.2) is 0 Å². The Labute approximate surface area is 126 Å². The SMILES string of the molecule is O=c1c2cc(O)cc(O)c2c(-c2ccccc2)c2n1CCC2. The topological polar surface area (TPSA) is 62.5 Å². The lowest BCUT2D eigenvalue weighted by Crippen LogP contribution is -2.20. The fraction of sp³-hybridized carbons (Fsp3) is 0.167. The number of aromatic nitrogens is 1. The number of pyridine rings is 1. The minimum absolute atomic E-state index is 0.0544. The highest BCUT2D eigenvalue weighted by Crippen LogP contribution is 2.39. The Bertz CT molecular complexity index is 942. The molecule has 0 saturated heterocycles. The van der Waals surface area contributed by atoms with Crippen molar-refractivity contribution in [3.05, 3.63) is 58.5 Å². The van der Waals surface area contributed by atoms with E-state index in [9.17, 15) is 15.0 Å². The molecule has 2 aromatic carbocycles. The summed E-state index contributed by atoms with van der Waals surface area (Å²) >= 11 is 0. The van der Waals surface area contributed by atoms with Crippen molar-refractivity contribution in [3.63, 3.8) is 0 Å². The molecule has 0 atom stereocenters. The van der Waals surface area contributed by atoms with Crippen LogP contribution in [-0.2, 0) is 13.0 Å². The summed E-state index contributed by atoms with van der Waals surface area (Å²) in [6, 6.07) is 12.5. The fourth-order valence-electron chi connectivity index (χ4n) is 3.41. The number of rotatable bonds is 1. The van der Waals surface area contributed by atoms with Crippen molar-refractivity contribution in [2.75, 3.05) is 0 Å². The first-order valence-corrected chi connectivity index (χ1v) is 7.33. The summed E-state index contributed by atoms with van der Waals surface area (Å²) < 4.78 is 1.77. The molecule has 0 amide bonds. The minimum atomic E-state index is -0.145. The van der Waals surface area contributed by atoms with Crippen LogP contribution in [0.4, 0.5) is 0 Å². The Morgan fingerprint density at radius 2 is 1.82 bits per heavy atom. The van der Waals surface area contributed by atoms with Gasteiger partial charge in [-0.2, -0.15) is 0 Å². The molecule has 4 heteroatoms. The largest absolute Gasteiger partial charge is 0.508 e. The third-order valence-electron chi connectivity index (χ3n) is 4.30. The molecule has 0 spiro atoms. The quantitative estimate of drug-likeness (QED) is 0.725. The maximum absolute atomic E-state index is 12.6. The summed E-state index contributed by atoms with van der Waals surface area (Å²) in [6.07, 6.45) is 1.73. The van der Waals surface area contributed by atoms with E-state index in [1.807, 2.05) is 30.3 Å². The standard InChI is InChI=1S/C18H15NO3/c20-12-9-13-17(15(21)10-12)16(11-5-2-1-3-6-11)14-7-4-8-19(14)18(13)22/h1-3,5-6,9-10,20-21H,4,7-8H2. The normalized spacial score (nSPS) is 13.5. The maximum atomic E-state index is 12.6. The molecule has 0 fully saturated rings. The van der Waals surface area contributed by atoms with Crippen molar-refractivity contribution < 1.29 is 10.2 Å². The maximum Gasteiger partial charge on any atom is 0.258 e. The Morgan fingerprint density at radius 1 is 1.05 bits per heavy atom. The summed E-state index contributed by atoms with van der Waals surface area (Å²) in [5.41, 5.74) is 2.68. The van der Waals surface area contributed by atoms with Crippen LogP contribution in [0.15, 0.2) is 47.3 Å². The van der Waals surface area contributed by atoms with Gasteiger partial charge in [0.25, 0.3) is 5.56 Å². The van der Waals surface area contributed by atoms with Gasteiger partial charge in [0, 0.05) is 29.3 Å². The van der Waals surface area contributed by atoms with Crippen LogP contribution in [0.3, 0.4) is 0 Å². The van der Waals surface area contributed by atoms with E-state index in [2.05, 4.69) is 0 Å². The van der Waals surface area contributed by atoms with E-state index in [4.69, 9.17) is 0 Å². The highest BCUT2D eigenvalue weighted by atomic mass is 16.3. The molecule has 3 aromatic rings. The van der Waals surface area contributed by atoms with Gasteiger partial charge in [-0.1, -0.05) is 30.3 Å². The molecule has 0 saturated carbocycles. The molecule has 4 nitrogen and oxygen atoms in total. The van der Waals surface area contributed by atoms with Gasteiger partial charge in [0.05, 0.1) is 5.39 Å². The molecule has 110 valence electrons. The van der Waals surface area contributed by atoms with Gasteiger partial charge >= 0.3 is 0 Å². The second-order valence-electron chi connectivity index (χ2n) is 5.64. The monoisotopic (exact) mass is 293 g/mol. The molecular weight excluding hydrogens is 278 g/mol. The number of fused-ring (bicyclic) bond motifs is 2. The van der Waals surface area contributed by atoms with Crippen LogP contribution in [0.25, 0.3) is 21.9 Å². The summed E-state index contributed by atoms with van der Waals surface area (Å²) in [5, 5.41) is 21.0. The molecular formula is C18H15NO3. The third kappa shape index (κ3) is 1.73. The van der Waals surface area contributed by atoms with Crippen LogP contribution in [0, 0.1) is 0 Å². The summed E-state index contributed by atoms with van der Waals surface area (Å²) in [5.74, 6) is -0.152. The van der Waals surface area contributed by atoms with Gasteiger partial charge in [-0.15, -0.1) is 0 Å². The first-order valence-electron chi connectivity index (χ1n) is 7.33. The van der Waals surface area contributed by atoms with E-state index < -0.39 is 0 Å². The summed E-state index contributed by atoms with van der Waals surface area (Å²) in [6.45, 7) is 0.681. The smallest absolute Gasteiger partial charge is 0.258 e. The molecule has 2 heterocycles. The molecule has 1 aliphatic rings. The van der Waals surface area contributed by atoms with E-state index in [0.29, 0.717) is 17.3 Å². The van der Waals surface area contributed by atoms with Gasteiger partial charge in [-0.25, -0.2) is 0 Å². The van der Waals surface area contributed by atoms with Gasteiger partial charge in [0.1, 0.15) is 11.5 Å². The Hall–Kier alpha value is -2.75. The Balaban J connectivity index is 2.24. The van der Waals surface area contributed by atoms with Gasteiger partial charge in [0.2, 0.25) is 0 Å². The van der Waals surface area contributed by atoms with Crippen molar-refractivity contribution >= 4 is 10.8 Å². The van der Waals surface area contributed by atoms with Crippen LogP contribution >= 0.6 is 0 Å². The lowest BCUT2D eigenvalue weighted by molar-refractivity contribution is 0.455. The summed E-state index contributed by atoms with van der Waals surface area (Å²) in [7, 11) is 0. The second kappa shape index (κ2) is 4.63. The van der Waals surface area contributed by atoms with Crippen LogP contribution in [0.5, 0.6) is 11.5 Å². The third-order valence-corrected chi connectivity index (χ3v) is 4.30. The number of phenolic OH excluding ortho intramolecular Hbond substituents is 2. The average molecular weight is 293 g/mol. The van der Waals surface area contributed by atoms with E-state index in [1.54, 1.807) is 4.57 Å². The predicted octanol–water partition coefficient (Wildman–Crippen LogP) is 3.03. The average Bonchev–Trinajstić information content (AvgIpc) is 2.99. The predicted molar refractivity (Wildman–Crippen MR) is 85.3 cm³/mol. The van der Waals surface area contributed by atoms with Crippen molar-refractivity contribution in [1.82, 2.24) is 4.57 Å². The number of nitrogens with zero attached hydrogens (tertiary/aromatic N) is 1. The van der Waals surface area contributed by atoms with Gasteiger partial charge in [-0.3, -0.25) is 4.79 Å². The van der Waals surface area contributed by atoms with E-state index >= 15 is 0 Å². The second-order valence-corrected chi connectivity index (χ2v) is 5.64. The fourth-order valence-corrected chi connectivity index (χ4v) is 3.41.